The summed E-state index contributed by atoms with van der Waals surface area (Å²) in [5.74, 6) is -3.02. The number of hydrogen-bond donors (Lipinski definition) is 3. The van der Waals surface area contributed by atoms with Gasteiger partial charge >= 0.3 is 0 Å². The molecule has 9 heteroatoms. The fraction of sp³-hybridized carbons (Fsp3) is 0.400. The van der Waals surface area contributed by atoms with Gasteiger partial charge in [0.15, 0.2) is 0 Å². The number of non-ortho nitro benzene ring substituents is 1. The zero-order valence-corrected chi connectivity index (χ0v) is 22.1. The van der Waals surface area contributed by atoms with Crippen molar-refractivity contribution in [2.45, 2.75) is 52.1 Å². The minimum Gasteiger partial charge on any atom is -0.508 e. The highest BCUT2D eigenvalue weighted by molar-refractivity contribution is 6.22. The van der Waals surface area contributed by atoms with Gasteiger partial charge in [-0.15, -0.1) is 0 Å². The maximum absolute atomic E-state index is 13.6. The van der Waals surface area contributed by atoms with E-state index < -0.39 is 47.2 Å². The minimum atomic E-state index is -0.900. The Morgan fingerprint density at radius 3 is 2.49 bits per heavy atom. The van der Waals surface area contributed by atoms with Crippen LogP contribution in [-0.2, 0) is 9.59 Å². The van der Waals surface area contributed by atoms with Gasteiger partial charge in [0.2, 0.25) is 11.8 Å². The average molecular weight is 535 g/mol. The van der Waals surface area contributed by atoms with E-state index in [-0.39, 0.29) is 17.1 Å². The van der Waals surface area contributed by atoms with Gasteiger partial charge in [-0.3, -0.25) is 19.7 Å². The zero-order chi connectivity index (χ0) is 28.3. The van der Waals surface area contributed by atoms with Crippen LogP contribution >= 0.6 is 0 Å². The van der Waals surface area contributed by atoms with Crippen LogP contribution in [0.2, 0.25) is 0 Å². The summed E-state index contributed by atoms with van der Waals surface area (Å²) in [4.78, 5) is 38.7. The molecule has 1 heterocycles. The number of rotatable bonds is 10. The number of aliphatic hydroxyl groups is 2. The number of nitro groups is 1. The van der Waals surface area contributed by atoms with E-state index in [1.54, 1.807) is 12.1 Å². The summed E-state index contributed by atoms with van der Waals surface area (Å²) in [6, 6.07) is 12.3. The number of phenols is 1. The van der Waals surface area contributed by atoms with E-state index >= 15 is 0 Å². The number of benzene rings is 2. The fourth-order valence-electron chi connectivity index (χ4n) is 5.93. The number of hydrogen-bond acceptors (Lipinski definition) is 7. The Morgan fingerprint density at radius 1 is 1.15 bits per heavy atom. The Balaban J connectivity index is 1.58. The van der Waals surface area contributed by atoms with E-state index in [1.165, 1.54) is 24.3 Å². The lowest BCUT2D eigenvalue weighted by Crippen LogP contribution is -2.39. The van der Waals surface area contributed by atoms with Crippen molar-refractivity contribution in [2.24, 2.45) is 17.8 Å². The lowest BCUT2D eigenvalue weighted by atomic mass is 9.67. The number of anilines is 1. The van der Waals surface area contributed by atoms with Crippen LogP contribution in [0.5, 0.6) is 5.75 Å². The second kappa shape index (κ2) is 11.9. The first-order valence-corrected chi connectivity index (χ1v) is 13.3. The summed E-state index contributed by atoms with van der Waals surface area (Å²) in [5, 5.41) is 42.6. The van der Waals surface area contributed by atoms with Gasteiger partial charge in [0.1, 0.15) is 5.75 Å². The van der Waals surface area contributed by atoms with Crippen LogP contribution in [0.15, 0.2) is 65.3 Å². The Hall–Kier alpha value is -3.82. The molecule has 2 amide bonds. The van der Waals surface area contributed by atoms with Crippen LogP contribution in [-0.4, -0.2) is 44.8 Å². The molecule has 0 unspecified atom stereocenters. The number of aromatic hydroxyl groups is 1. The van der Waals surface area contributed by atoms with Crippen molar-refractivity contribution in [1.82, 2.24) is 0 Å². The molecular formula is C30H34N2O7. The summed E-state index contributed by atoms with van der Waals surface area (Å²) in [6.45, 7) is 3.56. The molecule has 0 spiro atoms. The summed E-state index contributed by atoms with van der Waals surface area (Å²) < 4.78 is 0. The van der Waals surface area contributed by atoms with Crippen LogP contribution in [0.4, 0.5) is 11.4 Å². The molecule has 206 valence electrons. The first kappa shape index (κ1) is 28.2. The molecule has 0 bridgehead atoms. The second-order valence-electron chi connectivity index (χ2n) is 10.1. The molecule has 39 heavy (non-hydrogen) atoms. The molecule has 2 aromatic carbocycles. The van der Waals surface area contributed by atoms with Crippen molar-refractivity contribution in [3.8, 4) is 5.75 Å². The third-order valence-electron chi connectivity index (χ3n) is 7.92. The molecule has 1 aliphatic heterocycles. The molecule has 2 aliphatic rings. The van der Waals surface area contributed by atoms with Crippen molar-refractivity contribution in [2.75, 3.05) is 11.5 Å². The second-order valence-corrected chi connectivity index (χ2v) is 10.1. The van der Waals surface area contributed by atoms with Gasteiger partial charge in [0.25, 0.3) is 5.69 Å². The van der Waals surface area contributed by atoms with Crippen molar-refractivity contribution in [3.05, 3.63) is 80.9 Å². The largest absolute Gasteiger partial charge is 0.508 e. The summed E-state index contributed by atoms with van der Waals surface area (Å²) >= 11 is 0. The number of carbonyl (C=O) groups is 2. The van der Waals surface area contributed by atoms with Crippen LogP contribution in [0, 0.1) is 27.9 Å². The Labute approximate surface area is 227 Å². The van der Waals surface area contributed by atoms with Crippen molar-refractivity contribution < 1.29 is 29.8 Å². The molecule has 9 nitrogen and oxygen atoms in total. The van der Waals surface area contributed by atoms with E-state index in [0.29, 0.717) is 31.3 Å². The zero-order valence-electron chi connectivity index (χ0n) is 22.1. The summed E-state index contributed by atoms with van der Waals surface area (Å²) in [7, 11) is 0. The van der Waals surface area contributed by atoms with Crippen LogP contribution in [0.3, 0.4) is 0 Å². The maximum atomic E-state index is 13.6. The maximum Gasteiger partial charge on any atom is 0.271 e. The number of allylic oxidation sites excluding steroid dienone is 2. The quantitative estimate of drug-likeness (QED) is 0.173. The lowest BCUT2D eigenvalue weighted by Gasteiger charge is -2.36. The molecule has 1 fully saturated rings. The topological polar surface area (TPSA) is 141 Å². The highest BCUT2D eigenvalue weighted by atomic mass is 16.6. The SMILES string of the molecule is CCC1=C([C@H](O)CC/C(=C/c2ccc(O)cc2)CC)[C@H](CO)[C@@H]2C(=O)N(c3cccc([N+](=O)[O-])c3)C(=O)[C@@H]2C1. The van der Waals surface area contributed by atoms with Gasteiger partial charge in [0.05, 0.1) is 35.2 Å². The highest BCUT2D eigenvalue weighted by Gasteiger charge is 2.55. The van der Waals surface area contributed by atoms with Crippen LogP contribution in [0.1, 0.15) is 51.5 Å². The Kier molecular flexibility index (Phi) is 8.62. The summed E-state index contributed by atoms with van der Waals surface area (Å²) in [5.41, 5.74) is 3.46. The van der Waals surface area contributed by atoms with Gasteiger partial charge in [0, 0.05) is 18.1 Å². The molecule has 4 atom stereocenters. The number of nitrogens with zero attached hydrogens (tertiary/aromatic N) is 2. The molecule has 3 N–H and O–H groups in total. The van der Waals surface area contributed by atoms with E-state index in [0.717, 1.165) is 28.0 Å². The first-order chi connectivity index (χ1) is 18.7. The number of imide groups is 1. The number of fused-ring (bicyclic) bond motifs is 1. The van der Waals surface area contributed by atoms with Crippen LogP contribution in [0.25, 0.3) is 6.08 Å². The molecule has 0 aromatic heterocycles. The van der Waals surface area contributed by atoms with Gasteiger partial charge in [-0.1, -0.05) is 49.3 Å². The van der Waals surface area contributed by atoms with Gasteiger partial charge < -0.3 is 15.3 Å². The Morgan fingerprint density at radius 2 is 1.87 bits per heavy atom. The third kappa shape index (κ3) is 5.65. The lowest BCUT2D eigenvalue weighted by molar-refractivity contribution is -0.384. The molecular weight excluding hydrogens is 500 g/mol. The molecule has 4 rings (SSSR count). The Bertz CT molecular complexity index is 1310. The number of nitro benzene ring substituents is 1. The van der Waals surface area contributed by atoms with E-state index in [1.807, 2.05) is 32.1 Å². The molecule has 0 radical (unpaired) electrons. The molecule has 1 aliphatic carbocycles. The van der Waals surface area contributed by atoms with Crippen molar-refractivity contribution >= 4 is 29.3 Å². The van der Waals surface area contributed by atoms with E-state index in [9.17, 15) is 35.0 Å². The van der Waals surface area contributed by atoms with Gasteiger partial charge in [-0.05, 0) is 61.4 Å². The first-order valence-electron chi connectivity index (χ1n) is 13.3. The normalized spacial score (nSPS) is 22.3. The highest BCUT2D eigenvalue weighted by Crippen LogP contribution is 2.48. The molecule has 2 aromatic rings. The van der Waals surface area contributed by atoms with Crippen molar-refractivity contribution in [1.29, 1.82) is 0 Å². The van der Waals surface area contributed by atoms with Gasteiger partial charge in [-0.2, -0.15) is 0 Å². The van der Waals surface area contributed by atoms with E-state index in [2.05, 4.69) is 0 Å². The monoisotopic (exact) mass is 534 g/mol. The fourth-order valence-corrected chi connectivity index (χ4v) is 5.93. The molecule has 0 saturated carbocycles. The number of aliphatic hydroxyl groups excluding tert-OH is 2. The standard InChI is InChI=1S/C30H34N2O7/c1-3-18(14-19-8-11-23(34)12-9-19)10-13-26(35)27-20(4-2)15-24-28(25(27)17-33)30(37)31(29(24)36)21-6-5-7-22(16-21)32(38)39/h5-9,11-12,14,16,24-26,28,33-35H,3-4,10,13,15,17H2,1-2H3/b18-14+/t24-,25+,26-,28-/m1/s1. The van der Waals surface area contributed by atoms with Crippen molar-refractivity contribution in [3.63, 3.8) is 0 Å². The third-order valence-corrected chi connectivity index (χ3v) is 7.92. The minimum absolute atomic E-state index is 0.136. The number of phenolic OH excluding ortho intramolecular Hbond substituents is 1. The van der Waals surface area contributed by atoms with Crippen LogP contribution < -0.4 is 4.90 Å². The van der Waals surface area contributed by atoms with E-state index in [4.69, 9.17) is 0 Å². The summed E-state index contributed by atoms with van der Waals surface area (Å²) in [6.07, 6.45) is 3.74. The average Bonchev–Trinajstić information content (AvgIpc) is 3.19. The predicted molar refractivity (Wildman–Crippen MR) is 147 cm³/mol. The number of amides is 2. The molecule has 1 saturated heterocycles. The predicted octanol–water partition coefficient (Wildman–Crippen LogP) is 4.76. The number of carbonyl (C=O) groups excluding carboxylic acids is 2. The smallest absolute Gasteiger partial charge is 0.271 e. The van der Waals surface area contributed by atoms with Gasteiger partial charge in [-0.25, -0.2) is 4.90 Å².